The highest BCUT2D eigenvalue weighted by molar-refractivity contribution is 5.85. The molecule has 1 atom stereocenters. The van der Waals surface area contributed by atoms with E-state index in [4.69, 9.17) is 0 Å². The molecule has 1 fully saturated rings. The van der Waals surface area contributed by atoms with E-state index in [9.17, 15) is 13.2 Å². The summed E-state index contributed by atoms with van der Waals surface area (Å²) >= 11 is 0. The lowest BCUT2D eigenvalue weighted by atomic mass is 10.2. The molecule has 1 heterocycles. The first kappa shape index (κ1) is 14.1. The minimum absolute atomic E-state index is 0. The van der Waals surface area contributed by atoms with Crippen molar-refractivity contribution in [3.05, 3.63) is 29.6 Å². The highest BCUT2D eigenvalue weighted by Crippen LogP contribution is 2.21. The van der Waals surface area contributed by atoms with Crippen LogP contribution < -0.4 is 10.2 Å². The van der Waals surface area contributed by atoms with Crippen LogP contribution in [0.5, 0.6) is 0 Å². The van der Waals surface area contributed by atoms with Crippen molar-refractivity contribution < 1.29 is 13.2 Å². The largest absolute Gasteiger partial charge is 0.369 e. The highest BCUT2D eigenvalue weighted by Gasteiger charge is 2.19. The number of nitrogens with zero attached hydrogens (tertiary/aromatic N) is 1. The second kappa shape index (κ2) is 5.60. The summed E-state index contributed by atoms with van der Waals surface area (Å²) in [6.45, 7) is 4.06. The third-order valence-electron chi connectivity index (χ3n) is 2.70. The number of piperazine rings is 1. The number of hydrogen-bond donors (Lipinski definition) is 1. The summed E-state index contributed by atoms with van der Waals surface area (Å²) in [5, 5.41) is 3.22. The summed E-state index contributed by atoms with van der Waals surface area (Å²) in [5.41, 5.74) is 0.393. The van der Waals surface area contributed by atoms with E-state index < -0.39 is 17.5 Å². The monoisotopic (exact) mass is 266 g/mol. The minimum atomic E-state index is -1.41. The van der Waals surface area contributed by atoms with Crippen molar-refractivity contribution in [1.82, 2.24) is 5.32 Å². The van der Waals surface area contributed by atoms with E-state index in [1.165, 1.54) is 0 Å². The van der Waals surface area contributed by atoms with Crippen LogP contribution in [0.4, 0.5) is 18.9 Å². The Balaban J connectivity index is 0.00000144. The second-order valence-electron chi connectivity index (χ2n) is 4.02. The maximum absolute atomic E-state index is 13.0. The highest BCUT2D eigenvalue weighted by atomic mass is 35.5. The molecule has 0 bridgehead atoms. The Morgan fingerprint density at radius 1 is 1.24 bits per heavy atom. The fraction of sp³-hybridized carbons (Fsp3) is 0.455. The molecule has 0 spiro atoms. The summed E-state index contributed by atoms with van der Waals surface area (Å²) in [6.07, 6.45) is 0. The Labute approximate surface area is 104 Å². The van der Waals surface area contributed by atoms with E-state index in [2.05, 4.69) is 5.32 Å². The maximum Gasteiger partial charge on any atom is 0.194 e. The van der Waals surface area contributed by atoms with Crippen LogP contribution in [0.2, 0.25) is 0 Å². The zero-order chi connectivity index (χ0) is 11.7. The zero-order valence-electron chi connectivity index (χ0n) is 9.34. The number of halogens is 4. The van der Waals surface area contributed by atoms with E-state index >= 15 is 0 Å². The third kappa shape index (κ3) is 3.04. The van der Waals surface area contributed by atoms with Gasteiger partial charge in [0, 0.05) is 43.5 Å². The van der Waals surface area contributed by atoms with Crippen LogP contribution in [0.3, 0.4) is 0 Å². The van der Waals surface area contributed by atoms with Gasteiger partial charge in [0.05, 0.1) is 0 Å². The first-order chi connectivity index (χ1) is 7.58. The molecule has 17 heavy (non-hydrogen) atoms. The van der Waals surface area contributed by atoms with Gasteiger partial charge in [0.25, 0.3) is 0 Å². The lowest BCUT2D eigenvalue weighted by Gasteiger charge is -2.33. The molecule has 0 unspecified atom stereocenters. The number of benzene rings is 1. The van der Waals surface area contributed by atoms with Crippen molar-refractivity contribution in [1.29, 1.82) is 0 Å². The van der Waals surface area contributed by atoms with E-state index in [0.29, 0.717) is 18.8 Å². The van der Waals surface area contributed by atoms with Crippen molar-refractivity contribution in [3.8, 4) is 0 Å². The molecule has 1 saturated heterocycles. The van der Waals surface area contributed by atoms with Crippen LogP contribution >= 0.6 is 12.4 Å². The van der Waals surface area contributed by atoms with Gasteiger partial charge in [-0.1, -0.05) is 0 Å². The molecule has 1 N–H and O–H groups in total. The first-order valence-electron chi connectivity index (χ1n) is 5.21. The first-order valence-corrected chi connectivity index (χ1v) is 5.21. The van der Waals surface area contributed by atoms with E-state index in [-0.39, 0.29) is 18.4 Å². The lowest BCUT2D eigenvalue weighted by molar-refractivity contribution is 0.443. The van der Waals surface area contributed by atoms with E-state index in [0.717, 1.165) is 18.7 Å². The maximum atomic E-state index is 13.0. The fourth-order valence-corrected chi connectivity index (χ4v) is 1.89. The van der Waals surface area contributed by atoms with Gasteiger partial charge >= 0.3 is 0 Å². The second-order valence-corrected chi connectivity index (χ2v) is 4.02. The van der Waals surface area contributed by atoms with Gasteiger partial charge in [-0.15, -0.1) is 12.4 Å². The average molecular weight is 267 g/mol. The average Bonchev–Trinajstić information content (AvgIpc) is 2.25. The molecule has 0 saturated carbocycles. The van der Waals surface area contributed by atoms with Crippen molar-refractivity contribution in [3.63, 3.8) is 0 Å². The molecule has 96 valence electrons. The zero-order valence-corrected chi connectivity index (χ0v) is 10.2. The van der Waals surface area contributed by atoms with Crippen LogP contribution in [0.25, 0.3) is 0 Å². The number of hydrogen-bond acceptors (Lipinski definition) is 2. The molecule has 1 aliphatic heterocycles. The Morgan fingerprint density at radius 3 is 2.35 bits per heavy atom. The number of anilines is 1. The fourth-order valence-electron chi connectivity index (χ4n) is 1.89. The van der Waals surface area contributed by atoms with Gasteiger partial charge in [-0.3, -0.25) is 0 Å². The molecular formula is C11H14ClF3N2. The van der Waals surface area contributed by atoms with Crippen LogP contribution in [-0.4, -0.2) is 25.7 Å². The smallest absolute Gasteiger partial charge is 0.194 e. The number of rotatable bonds is 1. The van der Waals surface area contributed by atoms with Crippen LogP contribution in [-0.2, 0) is 0 Å². The summed E-state index contributed by atoms with van der Waals surface area (Å²) in [5.74, 6) is -3.69. The van der Waals surface area contributed by atoms with Gasteiger partial charge in [0.2, 0.25) is 0 Å². The lowest BCUT2D eigenvalue weighted by Crippen LogP contribution is -2.49. The molecule has 1 aliphatic rings. The molecule has 0 aliphatic carbocycles. The van der Waals surface area contributed by atoms with Crippen LogP contribution in [0, 0.1) is 17.5 Å². The number of nitrogens with one attached hydrogen (secondary N) is 1. The van der Waals surface area contributed by atoms with Crippen molar-refractivity contribution >= 4 is 18.1 Å². The quantitative estimate of drug-likeness (QED) is 0.785. The van der Waals surface area contributed by atoms with Gasteiger partial charge in [-0.25, -0.2) is 13.2 Å². The molecule has 1 aromatic rings. The Kier molecular flexibility index (Phi) is 4.65. The SMILES string of the molecule is C[C@H]1CN(c2cc(F)c(F)c(F)c2)CCN1.Cl. The van der Waals surface area contributed by atoms with Crippen molar-refractivity contribution in [2.24, 2.45) is 0 Å². The molecule has 2 nitrogen and oxygen atoms in total. The Morgan fingerprint density at radius 2 is 1.82 bits per heavy atom. The Hall–Kier alpha value is -0.940. The van der Waals surface area contributed by atoms with Gasteiger partial charge in [0.1, 0.15) is 0 Å². The topological polar surface area (TPSA) is 15.3 Å². The molecule has 0 amide bonds. The predicted molar refractivity (Wildman–Crippen MR) is 63.2 cm³/mol. The van der Waals surface area contributed by atoms with E-state index in [1.807, 2.05) is 11.8 Å². The van der Waals surface area contributed by atoms with E-state index in [1.54, 1.807) is 0 Å². The summed E-state index contributed by atoms with van der Waals surface area (Å²) in [6, 6.07) is 2.33. The predicted octanol–water partition coefficient (Wildman–Crippen LogP) is 2.32. The van der Waals surface area contributed by atoms with Gasteiger partial charge in [-0.2, -0.15) is 0 Å². The van der Waals surface area contributed by atoms with Gasteiger partial charge in [0.15, 0.2) is 17.5 Å². The summed E-state index contributed by atoms with van der Waals surface area (Å²) in [7, 11) is 0. The molecule has 0 aromatic heterocycles. The molecule has 2 rings (SSSR count). The summed E-state index contributed by atoms with van der Waals surface area (Å²) in [4.78, 5) is 1.84. The van der Waals surface area contributed by atoms with Crippen LogP contribution in [0.15, 0.2) is 12.1 Å². The molecule has 0 radical (unpaired) electrons. The Bertz CT molecular complexity index is 377. The van der Waals surface area contributed by atoms with Gasteiger partial charge in [-0.05, 0) is 6.92 Å². The van der Waals surface area contributed by atoms with Gasteiger partial charge < -0.3 is 10.2 Å². The molecular weight excluding hydrogens is 253 g/mol. The van der Waals surface area contributed by atoms with Crippen LogP contribution in [0.1, 0.15) is 6.92 Å². The van der Waals surface area contributed by atoms with Crippen molar-refractivity contribution in [2.75, 3.05) is 24.5 Å². The standard InChI is InChI=1S/C11H13F3N2.ClH/c1-7-6-16(3-2-15-7)8-4-9(12)11(14)10(13)5-8;/h4-5,7,15H,2-3,6H2,1H3;1H/t7-;/m0./s1. The minimum Gasteiger partial charge on any atom is -0.369 e. The third-order valence-corrected chi connectivity index (χ3v) is 2.70. The summed E-state index contributed by atoms with van der Waals surface area (Å²) < 4.78 is 38.8. The normalized spacial score (nSPS) is 20.0. The molecule has 1 aromatic carbocycles. The molecule has 6 heteroatoms. The van der Waals surface area contributed by atoms with Crippen molar-refractivity contribution in [2.45, 2.75) is 13.0 Å².